The van der Waals surface area contributed by atoms with Gasteiger partial charge in [0, 0.05) is 11.5 Å². The van der Waals surface area contributed by atoms with Gasteiger partial charge in [-0.25, -0.2) is 13.4 Å². The third-order valence-corrected chi connectivity index (χ3v) is 6.17. The van der Waals surface area contributed by atoms with Crippen LogP contribution in [0.15, 0.2) is 100 Å². The van der Waals surface area contributed by atoms with Crippen molar-refractivity contribution in [2.24, 2.45) is 4.99 Å². The van der Waals surface area contributed by atoms with Crippen LogP contribution in [0.25, 0.3) is 0 Å². The summed E-state index contributed by atoms with van der Waals surface area (Å²) >= 11 is 0. The molecule has 0 aromatic heterocycles. The first-order valence-electron chi connectivity index (χ1n) is 9.52. The maximum absolute atomic E-state index is 12.6. The van der Waals surface area contributed by atoms with E-state index in [9.17, 15) is 8.42 Å². The number of aliphatic imine (C=N–C) groups is 1. The Hall–Kier alpha value is -3.18. The van der Waals surface area contributed by atoms with Gasteiger partial charge in [-0.2, -0.15) is 0 Å². The number of rotatable bonds is 5. The molecule has 0 radical (unpaired) electrons. The molecule has 4 rings (SSSR count). The number of para-hydroxylation sites is 1. The van der Waals surface area contributed by atoms with Gasteiger partial charge >= 0.3 is 0 Å². The Morgan fingerprint density at radius 3 is 2.31 bits per heavy atom. The third kappa shape index (κ3) is 4.81. The molecule has 3 aromatic rings. The molecule has 0 N–H and O–H groups in total. The molecule has 0 saturated heterocycles. The molecule has 0 unspecified atom stereocenters. The molecule has 0 atom stereocenters. The molecule has 5 heteroatoms. The summed E-state index contributed by atoms with van der Waals surface area (Å²) in [6, 6.07) is 23.6. The zero-order chi connectivity index (χ0) is 20.1. The van der Waals surface area contributed by atoms with Crippen LogP contribution < -0.4 is 4.74 Å². The highest BCUT2D eigenvalue weighted by Gasteiger charge is 2.12. The summed E-state index contributed by atoms with van der Waals surface area (Å²) in [5, 5.41) is 1.14. The van der Waals surface area contributed by atoms with Crippen molar-refractivity contribution >= 4 is 21.4 Å². The molecule has 3 aromatic carbocycles. The largest absolute Gasteiger partial charge is 0.439 e. The van der Waals surface area contributed by atoms with Crippen molar-refractivity contribution in [3.05, 3.63) is 101 Å². The summed E-state index contributed by atoms with van der Waals surface area (Å²) in [7, 11) is -3.59. The van der Waals surface area contributed by atoms with Crippen molar-refractivity contribution in [2.45, 2.75) is 24.2 Å². The first-order chi connectivity index (χ1) is 14.1. The maximum Gasteiger partial charge on any atom is 0.220 e. The SMILES string of the molecule is O=S(=O)(C=CC(=Nc1ccc2c(c1)CCC2)Oc1ccccc1)c1ccccc1. The van der Waals surface area contributed by atoms with Gasteiger partial charge in [0.15, 0.2) is 9.84 Å². The molecule has 4 nitrogen and oxygen atoms in total. The fourth-order valence-electron chi connectivity index (χ4n) is 3.29. The zero-order valence-corrected chi connectivity index (χ0v) is 16.7. The molecule has 0 fully saturated rings. The Kier molecular flexibility index (Phi) is 5.58. The summed E-state index contributed by atoms with van der Waals surface area (Å²) in [5.41, 5.74) is 3.40. The highest BCUT2D eigenvalue weighted by molar-refractivity contribution is 7.94. The monoisotopic (exact) mass is 403 g/mol. The van der Waals surface area contributed by atoms with Gasteiger partial charge in [0.1, 0.15) is 5.75 Å². The maximum atomic E-state index is 12.6. The van der Waals surface area contributed by atoms with Crippen LogP contribution in [0.3, 0.4) is 0 Å². The zero-order valence-electron chi connectivity index (χ0n) is 15.9. The molecular formula is C24H21NO3S. The quantitative estimate of drug-likeness (QED) is 0.431. The second kappa shape index (κ2) is 8.45. The Morgan fingerprint density at radius 2 is 1.55 bits per heavy atom. The number of sulfone groups is 1. The van der Waals surface area contributed by atoms with Crippen molar-refractivity contribution in [1.29, 1.82) is 0 Å². The lowest BCUT2D eigenvalue weighted by Gasteiger charge is -2.07. The van der Waals surface area contributed by atoms with Crippen LogP contribution in [0.4, 0.5) is 5.69 Å². The highest BCUT2D eigenvalue weighted by Crippen LogP contribution is 2.26. The van der Waals surface area contributed by atoms with Crippen molar-refractivity contribution < 1.29 is 13.2 Å². The molecule has 146 valence electrons. The number of hydrogen-bond donors (Lipinski definition) is 0. The van der Waals surface area contributed by atoms with Crippen molar-refractivity contribution in [1.82, 2.24) is 0 Å². The van der Waals surface area contributed by atoms with E-state index in [1.807, 2.05) is 24.3 Å². The second-order valence-electron chi connectivity index (χ2n) is 6.83. The number of hydrogen-bond acceptors (Lipinski definition) is 4. The topological polar surface area (TPSA) is 55.7 Å². The number of aryl methyl sites for hydroxylation is 2. The number of nitrogens with zero attached hydrogens (tertiary/aromatic N) is 1. The molecule has 29 heavy (non-hydrogen) atoms. The van der Waals surface area contributed by atoms with Gasteiger partial charge in [-0.3, -0.25) is 0 Å². The van der Waals surface area contributed by atoms with Gasteiger partial charge in [0.25, 0.3) is 0 Å². The first kappa shape index (κ1) is 19.2. The highest BCUT2D eigenvalue weighted by atomic mass is 32.2. The lowest BCUT2D eigenvalue weighted by molar-refractivity contribution is 0.555. The summed E-state index contributed by atoms with van der Waals surface area (Å²) in [4.78, 5) is 4.80. The first-order valence-corrected chi connectivity index (χ1v) is 11.1. The molecule has 0 saturated carbocycles. The van der Waals surface area contributed by atoms with E-state index < -0.39 is 9.84 Å². The molecule has 0 spiro atoms. The van der Waals surface area contributed by atoms with Crippen LogP contribution in [0.1, 0.15) is 17.5 Å². The average Bonchev–Trinajstić information content (AvgIpc) is 3.21. The fourth-order valence-corrected chi connectivity index (χ4v) is 4.28. The molecule has 1 aliphatic carbocycles. The Bertz CT molecular complexity index is 1150. The molecule has 1 aliphatic rings. The molecule has 0 bridgehead atoms. The van der Waals surface area contributed by atoms with Gasteiger partial charge in [-0.05, 0) is 66.8 Å². The van der Waals surface area contributed by atoms with E-state index >= 15 is 0 Å². The van der Waals surface area contributed by atoms with Gasteiger partial charge in [-0.1, -0.05) is 42.5 Å². The van der Waals surface area contributed by atoms with Gasteiger partial charge in [-0.15, -0.1) is 0 Å². The fraction of sp³-hybridized carbons (Fsp3) is 0.125. The summed E-state index contributed by atoms with van der Waals surface area (Å²) < 4.78 is 31.1. The van der Waals surface area contributed by atoms with E-state index in [1.54, 1.807) is 42.5 Å². The standard InChI is InChI=1S/C24H21NO3S/c26-29(27,23-12-5-2-6-13-23)17-16-24(28-22-10-3-1-4-11-22)25-21-15-14-19-8-7-9-20(19)18-21/h1-6,10-18H,7-9H2. The number of fused-ring (bicyclic) bond motifs is 1. The minimum absolute atomic E-state index is 0.216. The average molecular weight is 404 g/mol. The van der Waals surface area contributed by atoms with E-state index in [2.05, 4.69) is 17.1 Å². The van der Waals surface area contributed by atoms with Crippen molar-refractivity contribution in [2.75, 3.05) is 0 Å². The summed E-state index contributed by atoms with van der Waals surface area (Å²) in [6.07, 6.45) is 4.71. The Labute approximate surface area is 171 Å². The van der Waals surface area contributed by atoms with Gasteiger partial charge < -0.3 is 4.74 Å². The molecule has 0 amide bonds. The Balaban J connectivity index is 1.67. The van der Waals surface area contributed by atoms with Crippen LogP contribution >= 0.6 is 0 Å². The van der Waals surface area contributed by atoms with E-state index in [0.29, 0.717) is 5.75 Å². The number of ether oxygens (including phenoxy) is 1. The van der Waals surface area contributed by atoms with Crippen LogP contribution in [-0.4, -0.2) is 14.3 Å². The van der Waals surface area contributed by atoms with Crippen LogP contribution in [-0.2, 0) is 22.7 Å². The lowest BCUT2D eigenvalue weighted by atomic mass is 10.1. The predicted octanol–water partition coefficient (Wildman–Crippen LogP) is 5.27. The van der Waals surface area contributed by atoms with Gasteiger partial charge in [0.2, 0.25) is 5.90 Å². The van der Waals surface area contributed by atoms with Crippen LogP contribution in [0.2, 0.25) is 0 Å². The van der Waals surface area contributed by atoms with Crippen LogP contribution in [0.5, 0.6) is 5.75 Å². The lowest BCUT2D eigenvalue weighted by Crippen LogP contribution is -2.06. The van der Waals surface area contributed by atoms with E-state index in [1.165, 1.54) is 17.2 Å². The minimum Gasteiger partial charge on any atom is -0.439 e. The summed E-state index contributed by atoms with van der Waals surface area (Å²) in [6.45, 7) is 0. The molecule has 0 aliphatic heterocycles. The second-order valence-corrected chi connectivity index (χ2v) is 8.67. The normalized spacial score (nSPS) is 14.1. The van der Waals surface area contributed by atoms with E-state index in [0.717, 1.165) is 30.4 Å². The molecular weight excluding hydrogens is 382 g/mol. The van der Waals surface area contributed by atoms with Crippen LogP contribution in [0, 0.1) is 0 Å². The minimum atomic E-state index is -3.59. The van der Waals surface area contributed by atoms with E-state index in [-0.39, 0.29) is 10.8 Å². The van der Waals surface area contributed by atoms with E-state index in [4.69, 9.17) is 4.74 Å². The summed E-state index contributed by atoms with van der Waals surface area (Å²) in [5.74, 6) is 0.808. The third-order valence-electron chi connectivity index (χ3n) is 4.75. The van der Waals surface area contributed by atoms with Gasteiger partial charge in [0.05, 0.1) is 10.6 Å². The van der Waals surface area contributed by atoms with Crippen molar-refractivity contribution in [3.8, 4) is 5.75 Å². The van der Waals surface area contributed by atoms with Crippen molar-refractivity contribution in [3.63, 3.8) is 0 Å². The molecule has 0 heterocycles. The smallest absolute Gasteiger partial charge is 0.220 e. The predicted molar refractivity (Wildman–Crippen MR) is 115 cm³/mol. The number of benzene rings is 3. The Morgan fingerprint density at radius 1 is 0.862 bits per heavy atom.